The molecule has 0 bridgehead atoms. The molecule has 2 N–H and O–H groups in total. The fourth-order valence-electron chi connectivity index (χ4n) is 1.96. The number of hydrogen-bond acceptors (Lipinski definition) is 5. The molecule has 108 valence electrons. The lowest BCUT2D eigenvalue weighted by atomic mass is 10.2. The Balaban J connectivity index is 1.93. The number of halogens is 1. The first kappa shape index (κ1) is 14.0. The van der Waals surface area contributed by atoms with E-state index in [9.17, 15) is 14.7 Å². The van der Waals surface area contributed by atoms with Crippen LogP contribution in [0.15, 0.2) is 34.2 Å². The van der Waals surface area contributed by atoms with Gasteiger partial charge in [0, 0.05) is 22.9 Å². The molecule has 0 unspecified atom stereocenters. The Hall–Kier alpha value is -1.99. The van der Waals surface area contributed by atoms with Crippen molar-refractivity contribution < 1.29 is 9.90 Å². The Morgan fingerprint density at radius 2 is 2.10 bits per heavy atom. The average Bonchev–Trinajstić information content (AvgIpc) is 2.92. The second-order valence-corrected chi connectivity index (χ2v) is 5.86. The van der Waals surface area contributed by atoms with E-state index in [2.05, 4.69) is 10.3 Å². The summed E-state index contributed by atoms with van der Waals surface area (Å²) in [6, 6.07) is 6.20. The summed E-state index contributed by atoms with van der Waals surface area (Å²) >= 11 is 7.14. The molecule has 0 aliphatic carbocycles. The van der Waals surface area contributed by atoms with Gasteiger partial charge in [0.2, 0.25) is 5.88 Å². The molecule has 6 nitrogen and oxygen atoms in total. The number of aromatic hydroxyl groups is 1. The summed E-state index contributed by atoms with van der Waals surface area (Å²) in [4.78, 5) is 28.2. The van der Waals surface area contributed by atoms with E-state index in [1.807, 2.05) is 0 Å². The number of nitrogens with one attached hydrogen (secondary N) is 1. The lowest BCUT2D eigenvalue weighted by molar-refractivity contribution is 0.102. The van der Waals surface area contributed by atoms with E-state index in [4.69, 9.17) is 11.6 Å². The first-order valence-corrected chi connectivity index (χ1v) is 7.46. The van der Waals surface area contributed by atoms with Crippen LogP contribution in [0.25, 0.3) is 0 Å². The van der Waals surface area contributed by atoms with Crippen molar-refractivity contribution in [1.29, 1.82) is 0 Å². The van der Waals surface area contributed by atoms with Gasteiger partial charge in [-0.15, -0.1) is 0 Å². The van der Waals surface area contributed by atoms with Gasteiger partial charge in [0.1, 0.15) is 0 Å². The van der Waals surface area contributed by atoms with E-state index in [0.29, 0.717) is 22.3 Å². The number of rotatable bonds is 2. The number of nitrogens with zero attached hydrogens (tertiary/aromatic N) is 2. The zero-order valence-corrected chi connectivity index (χ0v) is 12.2. The highest BCUT2D eigenvalue weighted by Crippen LogP contribution is 2.26. The van der Waals surface area contributed by atoms with Crippen LogP contribution in [0.5, 0.6) is 5.88 Å². The Bertz CT molecular complexity index is 773. The first-order valence-electron chi connectivity index (χ1n) is 6.10. The Morgan fingerprint density at radius 1 is 1.38 bits per heavy atom. The number of benzene rings is 1. The van der Waals surface area contributed by atoms with Crippen molar-refractivity contribution in [3.05, 3.63) is 45.2 Å². The van der Waals surface area contributed by atoms with Crippen LogP contribution in [-0.4, -0.2) is 26.3 Å². The number of carbonyl (C=O) groups is 1. The van der Waals surface area contributed by atoms with Crippen LogP contribution >= 0.6 is 23.4 Å². The maximum atomic E-state index is 12.2. The molecule has 2 heterocycles. The normalized spacial score (nSPS) is 13.0. The number of thioether (sulfide) groups is 1. The summed E-state index contributed by atoms with van der Waals surface area (Å²) < 4.78 is 1.43. The minimum atomic E-state index is -0.507. The molecule has 1 aliphatic rings. The van der Waals surface area contributed by atoms with E-state index in [1.54, 1.807) is 12.1 Å². The highest BCUT2D eigenvalue weighted by Gasteiger charge is 2.22. The van der Waals surface area contributed by atoms with Crippen LogP contribution in [-0.2, 0) is 6.54 Å². The van der Waals surface area contributed by atoms with E-state index in [0.717, 1.165) is 5.75 Å². The third-order valence-electron chi connectivity index (χ3n) is 3.01. The van der Waals surface area contributed by atoms with Crippen LogP contribution in [0.2, 0.25) is 5.02 Å². The number of carbonyl (C=O) groups excluding carboxylic acids is 1. The van der Waals surface area contributed by atoms with Gasteiger partial charge < -0.3 is 10.4 Å². The van der Waals surface area contributed by atoms with Crippen molar-refractivity contribution in [2.24, 2.45) is 0 Å². The van der Waals surface area contributed by atoms with Crippen LogP contribution in [0.1, 0.15) is 10.4 Å². The summed E-state index contributed by atoms with van der Waals surface area (Å²) in [5, 5.41) is 13.2. The number of amides is 1. The average molecular weight is 324 g/mol. The number of aromatic nitrogens is 2. The number of anilines is 1. The molecule has 2 aromatic rings. The molecule has 8 heteroatoms. The molecule has 0 atom stereocenters. The van der Waals surface area contributed by atoms with Gasteiger partial charge in [-0.05, 0) is 24.3 Å². The van der Waals surface area contributed by atoms with Gasteiger partial charge in [0.05, 0.1) is 0 Å². The maximum Gasteiger partial charge on any atom is 0.282 e. The summed E-state index contributed by atoms with van der Waals surface area (Å²) in [5.74, 6) is -0.258. The highest BCUT2D eigenvalue weighted by molar-refractivity contribution is 7.99. The molecule has 0 spiro atoms. The third kappa shape index (κ3) is 2.62. The molecular weight excluding hydrogens is 314 g/mol. The zero-order chi connectivity index (χ0) is 15.0. The van der Waals surface area contributed by atoms with Crippen LogP contribution in [0, 0.1) is 0 Å². The van der Waals surface area contributed by atoms with Crippen molar-refractivity contribution in [2.45, 2.75) is 11.7 Å². The number of hydrogen-bond donors (Lipinski definition) is 2. The third-order valence-corrected chi connectivity index (χ3v) is 4.21. The minimum absolute atomic E-state index is 0.207. The maximum absolute atomic E-state index is 12.2. The van der Waals surface area contributed by atoms with Gasteiger partial charge in [-0.3, -0.25) is 14.2 Å². The summed E-state index contributed by atoms with van der Waals surface area (Å²) in [7, 11) is 0. The second kappa shape index (κ2) is 5.42. The second-order valence-electron chi connectivity index (χ2n) is 4.36. The largest absolute Gasteiger partial charge is 0.492 e. The molecule has 0 saturated heterocycles. The summed E-state index contributed by atoms with van der Waals surface area (Å²) in [6.07, 6.45) is 0. The van der Waals surface area contributed by atoms with Gasteiger partial charge in [-0.1, -0.05) is 23.4 Å². The monoisotopic (exact) mass is 323 g/mol. The van der Waals surface area contributed by atoms with Crippen LogP contribution in [0.3, 0.4) is 0 Å². The molecule has 0 radical (unpaired) electrons. The summed E-state index contributed by atoms with van der Waals surface area (Å²) in [6.45, 7) is 0.510. The Kier molecular flexibility index (Phi) is 3.60. The summed E-state index contributed by atoms with van der Waals surface area (Å²) in [5.41, 5.74) is -0.330. The van der Waals surface area contributed by atoms with Gasteiger partial charge in [0.15, 0.2) is 10.8 Å². The Morgan fingerprint density at radius 3 is 2.81 bits per heavy atom. The predicted octanol–water partition coefficient (Wildman–Crippen LogP) is 1.96. The molecule has 1 amide bonds. The molecule has 1 aromatic carbocycles. The van der Waals surface area contributed by atoms with Gasteiger partial charge in [-0.2, -0.15) is 4.98 Å². The van der Waals surface area contributed by atoms with Crippen molar-refractivity contribution in [1.82, 2.24) is 9.55 Å². The fraction of sp³-hybridized carbons (Fsp3) is 0.154. The lowest BCUT2D eigenvalue weighted by Crippen LogP contribution is -2.26. The highest BCUT2D eigenvalue weighted by atomic mass is 35.5. The van der Waals surface area contributed by atoms with E-state index in [-0.39, 0.29) is 5.69 Å². The topological polar surface area (TPSA) is 84.2 Å². The molecule has 21 heavy (non-hydrogen) atoms. The smallest absolute Gasteiger partial charge is 0.282 e. The van der Waals surface area contributed by atoms with Crippen molar-refractivity contribution in [3.63, 3.8) is 0 Å². The molecule has 1 aliphatic heterocycles. The zero-order valence-electron chi connectivity index (χ0n) is 10.7. The van der Waals surface area contributed by atoms with E-state index in [1.165, 1.54) is 28.5 Å². The van der Waals surface area contributed by atoms with Crippen molar-refractivity contribution in [2.75, 3.05) is 11.1 Å². The predicted molar refractivity (Wildman–Crippen MR) is 80.3 cm³/mol. The number of fused-ring (bicyclic) bond motifs is 1. The van der Waals surface area contributed by atoms with Crippen molar-refractivity contribution >= 4 is 35.0 Å². The molecular formula is C13H10ClN3O3S. The van der Waals surface area contributed by atoms with E-state index >= 15 is 0 Å². The standard InChI is InChI=1S/C13H10ClN3O3S/c14-8-3-1-7(2-4-8)10(18)15-9-11(19)16-13-17(12(9)20)5-6-21-13/h1-4,19H,5-6H2,(H,15,18). The molecule has 0 saturated carbocycles. The molecule has 1 aromatic heterocycles. The Labute approximate surface area is 128 Å². The van der Waals surface area contributed by atoms with E-state index < -0.39 is 17.3 Å². The SMILES string of the molecule is O=C(Nc1c(O)nc2n(c1=O)CCS2)c1ccc(Cl)cc1. The molecule has 0 fully saturated rings. The quantitative estimate of drug-likeness (QED) is 0.825. The minimum Gasteiger partial charge on any atom is -0.492 e. The fourth-order valence-corrected chi connectivity index (χ4v) is 3.02. The molecule has 3 rings (SSSR count). The van der Waals surface area contributed by atoms with Crippen LogP contribution in [0.4, 0.5) is 5.69 Å². The van der Waals surface area contributed by atoms with Gasteiger partial charge >= 0.3 is 0 Å². The van der Waals surface area contributed by atoms with Gasteiger partial charge in [0.25, 0.3) is 11.5 Å². The van der Waals surface area contributed by atoms with Crippen LogP contribution < -0.4 is 10.9 Å². The first-order chi connectivity index (χ1) is 10.1. The lowest BCUT2D eigenvalue weighted by Gasteiger charge is -2.09. The van der Waals surface area contributed by atoms with Crippen molar-refractivity contribution in [3.8, 4) is 5.88 Å². The van der Waals surface area contributed by atoms with Gasteiger partial charge in [-0.25, -0.2) is 0 Å².